The van der Waals surface area contributed by atoms with Crippen LogP contribution in [0.15, 0.2) is 18.3 Å². The van der Waals surface area contributed by atoms with Gasteiger partial charge in [0.05, 0.1) is 0 Å². The van der Waals surface area contributed by atoms with E-state index in [-0.39, 0.29) is 6.10 Å². The number of β-amino-alcohol motifs (C(OH)–C–C–N with tert-alkyl or cyclic N) is 1. The second-order valence-corrected chi connectivity index (χ2v) is 4.42. The van der Waals surface area contributed by atoms with E-state index in [9.17, 15) is 5.11 Å². The zero-order valence-electron chi connectivity index (χ0n) is 9.39. The minimum absolute atomic E-state index is 0.344. The average Bonchev–Trinajstić information content (AvgIpc) is 2.66. The van der Waals surface area contributed by atoms with E-state index in [1.165, 1.54) is 19.3 Å². The molecule has 1 aliphatic heterocycles. The van der Waals surface area contributed by atoms with Crippen molar-refractivity contribution >= 4 is 0 Å². The molecule has 2 rings (SSSR count). The van der Waals surface area contributed by atoms with Crippen molar-refractivity contribution in [2.45, 2.75) is 25.4 Å². The standard InChI is InChI=1S/C12H20N2O/c1-13-7-5-6-11(13)12(15)10-14-8-3-2-4-9-14/h5-7,12,15H,2-4,8-10H2,1H3. The van der Waals surface area contributed by atoms with Gasteiger partial charge in [0.2, 0.25) is 0 Å². The fourth-order valence-electron chi connectivity index (χ4n) is 2.30. The van der Waals surface area contributed by atoms with Crippen LogP contribution in [-0.2, 0) is 7.05 Å². The summed E-state index contributed by atoms with van der Waals surface area (Å²) in [5.74, 6) is 0. The minimum atomic E-state index is -0.344. The normalized spacial score (nSPS) is 20.4. The smallest absolute Gasteiger partial charge is 0.107 e. The molecule has 84 valence electrons. The number of hydrogen-bond acceptors (Lipinski definition) is 2. The molecule has 1 unspecified atom stereocenters. The first-order valence-corrected chi connectivity index (χ1v) is 5.79. The Morgan fingerprint density at radius 1 is 1.33 bits per heavy atom. The molecular formula is C12H20N2O. The van der Waals surface area contributed by atoms with Gasteiger partial charge in [0.1, 0.15) is 6.10 Å². The summed E-state index contributed by atoms with van der Waals surface area (Å²) >= 11 is 0. The number of aliphatic hydroxyl groups is 1. The summed E-state index contributed by atoms with van der Waals surface area (Å²) in [6.07, 6.45) is 5.54. The lowest BCUT2D eigenvalue weighted by molar-refractivity contribution is 0.0964. The molecular weight excluding hydrogens is 188 g/mol. The molecule has 0 amide bonds. The van der Waals surface area contributed by atoms with Gasteiger partial charge in [-0.05, 0) is 38.1 Å². The van der Waals surface area contributed by atoms with Crippen LogP contribution in [0.5, 0.6) is 0 Å². The highest BCUT2D eigenvalue weighted by Crippen LogP contribution is 2.17. The number of hydrogen-bond donors (Lipinski definition) is 1. The van der Waals surface area contributed by atoms with Crippen LogP contribution in [0.3, 0.4) is 0 Å². The molecule has 3 heteroatoms. The van der Waals surface area contributed by atoms with Crippen molar-refractivity contribution in [3.05, 3.63) is 24.0 Å². The summed E-state index contributed by atoms with van der Waals surface area (Å²) in [6, 6.07) is 3.98. The lowest BCUT2D eigenvalue weighted by atomic mass is 10.1. The lowest BCUT2D eigenvalue weighted by Crippen LogP contribution is -2.33. The van der Waals surface area contributed by atoms with Crippen molar-refractivity contribution in [3.8, 4) is 0 Å². The Hall–Kier alpha value is -0.800. The van der Waals surface area contributed by atoms with Gasteiger partial charge < -0.3 is 14.6 Å². The van der Waals surface area contributed by atoms with Crippen molar-refractivity contribution in [3.63, 3.8) is 0 Å². The van der Waals surface area contributed by atoms with E-state index in [0.717, 1.165) is 25.3 Å². The molecule has 1 fully saturated rings. The van der Waals surface area contributed by atoms with Gasteiger partial charge in [0, 0.05) is 25.5 Å². The highest BCUT2D eigenvalue weighted by Gasteiger charge is 2.17. The van der Waals surface area contributed by atoms with Crippen LogP contribution in [0.1, 0.15) is 31.1 Å². The van der Waals surface area contributed by atoms with Crippen molar-refractivity contribution in [1.82, 2.24) is 9.47 Å². The summed E-state index contributed by atoms with van der Waals surface area (Å²) in [4.78, 5) is 2.36. The first-order chi connectivity index (χ1) is 7.27. The second kappa shape index (κ2) is 4.81. The molecule has 0 spiro atoms. The van der Waals surface area contributed by atoms with Crippen molar-refractivity contribution in [1.29, 1.82) is 0 Å². The van der Waals surface area contributed by atoms with Crippen LogP contribution in [0.4, 0.5) is 0 Å². The van der Waals surface area contributed by atoms with Crippen LogP contribution in [0, 0.1) is 0 Å². The van der Waals surface area contributed by atoms with Crippen LogP contribution < -0.4 is 0 Å². The summed E-state index contributed by atoms with van der Waals surface area (Å²) in [7, 11) is 1.98. The van der Waals surface area contributed by atoms with E-state index in [1.54, 1.807) is 0 Å². The van der Waals surface area contributed by atoms with Crippen molar-refractivity contribution < 1.29 is 5.11 Å². The maximum Gasteiger partial charge on any atom is 0.107 e. The van der Waals surface area contributed by atoms with Gasteiger partial charge in [-0.15, -0.1) is 0 Å². The third-order valence-electron chi connectivity index (χ3n) is 3.21. The Labute approximate surface area is 91.3 Å². The molecule has 15 heavy (non-hydrogen) atoms. The molecule has 0 aliphatic carbocycles. The van der Waals surface area contributed by atoms with Gasteiger partial charge in [0.25, 0.3) is 0 Å². The quantitative estimate of drug-likeness (QED) is 0.816. The summed E-state index contributed by atoms with van der Waals surface area (Å²) in [6.45, 7) is 3.06. The molecule has 0 bridgehead atoms. The fraction of sp³-hybridized carbons (Fsp3) is 0.667. The topological polar surface area (TPSA) is 28.4 Å². The van der Waals surface area contributed by atoms with E-state index >= 15 is 0 Å². The molecule has 0 aromatic carbocycles. The van der Waals surface area contributed by atoms with E-state index in [2.05, 4.69) is 4.90 Å². The van der Waals surface area contributed by atoms with Crippen LogP contribution in [0.2, 0.25) is 0 Å². The first kappa shape index (κ1) is 10.7. The Balaban J connectivity index is 1.91. The maximum atomic E-state index is 10.1. The van der Waals surface area contributed by atoms with E-state index in [1.807, 2.05) is 29.9 Å². The number of aryl methyl sites for hydroxylation is 1. The highest BCUT2D eigenvalue weighted by atomic mass is 16.3. The predicted molar refractivity (Wildman–Crippen MR) is 60.7 cm³/mol. The molecule has 2 heterocycles. The van der Waals surface area contributed by atoms with Gasteiger partial charge in [-0.2, -0.15) is 0 Å². The number of aliphatic hydroxyl groups excluding tert-OH is 1. The minimum Gasteiger partial charge on any atom is -0.386 e. The van der Waals surface area contributed by atoms with Crippen LogP contribution in [0.25, 0.3) is 0 Å². The van der Waals surface area contributed by atoms with E-state index in [0.29, 0.717) is 0 Å². The highest BCUT2D eigenvalue weighted by molar-refractivity contribution is 5.10. The van der Waals surface area contributed by atoms with E-state index in [4.69, 9.17) is 0 Å². The average molecular weight is 208 g/mol. The van der Waals surface area contributed by atoms with Gasteiger partial charge >= 0.3 is 0 Å². The van der Waals surface area contributed by atoms with Crippen LogP contribution in [-0.4, -0.2) is 34.2 Å². The molecule has 3 nitrogen and oxygen atoms in total. The van der Waals surface area contributed by atoms with Crippen LogP contribution >= 0.6 is 0 Å². The Kier molecular flexibility index (Phi) is 3.44. The second-order valence-electron chi connectivity index (χ2n) is 4.42. The molecule has 1 aliphatic rings. The number of rotatable bonds is 3. The molecule has 1 saturated heterocycles. The first-order valence-electron chi connectivity index (χ1n) is 5.79. The Morgan fingerprint density at radius 2 is 2.07 bits per heavy atom. The largest absolute Gasteiger partial charge is 0.386 e. The van der Waals surface area contributed by atoms with Gasteiger partial charge in [-0.1, -0.05) is 6.42 Å². The molecule has 1 atom stereocenters. The summed E-state index contributed by atoms with van der Waals surface area (Å²) < 4.78 is 1.99. The number of likely N-dealkylation sites (tertiary alicyclic amines) is 1. The number of aromatic nitrogens is 1. The molecule has 1 N–H and O–H groups in total. The van der Waals surface area contributed by atoms with Gasteiger partial charge in [-0.3, -0.25) is 0 Å². The monoisotopic (exact) mass is 208 g/mol. The lowest BCUT2D eigenvalue weighted by Gasteiger charge is -2.28. The van der Waals surface area contributed by atoms with Crippen molar-refractivity contribution in [2.24, 2.45) is 7.05 Å². The Bertz CT molecular complexity index is 302. The fourth-order valence-corrected chi connectivity index (χ4v) is 2.30. The summed E-state index contributed by atoms with van der Waals surface area (Å²) in [5.41, 5.74) is 1.01. The third-order valence-corrected chi connectivity index (χ3v) is 3.21. The maximum absolute atomic E-state index is 10.1. The predicted octanol–water partition coefficient (Wildman–Crippen LogP) is 1.54. The van der Waals surface area contributed by atoms with E-state index < -0.39 is 0 Å². The Morgan fingerprint density at radius 3 is 2.67 bits per heavy atom. The summed E-state index contributed by atoms with van der Waals surface area (Å²) in [5, 5.41) is 10.1. The molecule has 1 aromatic rings. The molecule has 0 saturated carbocycles. The zero-order valence-corrected chi connectivity index (χ0v) is 9.39. The van der Waals surface area contributed by atoms with Crippen molar-refractivity contribution in [2.75, 3.05) is 19.6 Å². The third kappa shape index (κ3) is 2.61. The van der Waals surface area contributed by atoms with Gasteiger partial charge in [0.15, 0.2) is 0 Å². The zero-order chi connectivity index (χ0) is 10.7. The SMILES string of the molecule is Cn1cccc1C(O)CN1CCCCC1. The number of piperidine rings is 1. The molecule has 1 aromatic heterocycles. The molecule has 0 radical (unpaired) electrons. The van der Waals surface area contributed by atoms with Gasteiger partial charge in [-0.25, -0.2) is 0 Å². The number of nitrogens with zero attached hydrogens (tertiary/aromatic N) is 2.